The van der Waals surface area contributed by atoms with E-state index in [0.29, 0.717) is 24.0 Å². The number of nitrogens with zero attached hydrogens (tertiary/aromatic N) is 2. The van der Waals surface area contributed by atoms with Crippen LogP contribution in [0.2, 0.25) is 0 Å². The maximum absolute atomic E-state index is 11.7. The van der Waals surface area contributed by atoms with Gasteiger partial charge in [0.2, 0.25) is 5.91 Å². The number of rotatable bonds is 5. The summed E-state index contributed by atoms with van der Waals surface area (Å²) in [6, 6.07) is 11.8. The van der Waals surface area contributed by atoms with Gasteiger partial charge in [-0.1, -0.05) is 46.8 Å². The first-order chi connectivity index (χ1) is 11.2. The van der Waals surface area contributed by atoms with Crippen molar-refractivity contribution < 1.29 is 4.79 Å². The molecule has 2 N–H and O–H groups in total. The first kappa shape index (κ1) is 17.9. The van der Waals surface area contributed by atoms with Gasteiger partial charge in [-0.2, -0.15) is 0 Å². The van der Waals surface area contributed by atoms with Gasteiger partial charge in [-0.3, -0.25) is 4.79 Å². The standard InChI is InChI=1S/C19H26N4O/c1-13(2)12-18(24)21-17-11-10-16(22-23-17)20-15-8-6-14(7-9-15)19(3,4)5/h6-11,13H,12H2,1-5H3,(H,20,22)(H,21,23,24). The SMILES string of the molecule is CC(C)CC(=O)Nc1ccc(Nc2ccc(C(C)(C)C)cc2)nn1. The highest BCUT2D eigenvalue weighted by Crippen LogP contribution is 2.24. The molecule has 1 aromatic carbocycles. The van der Waals surface area contributed by atoms with Crippen molar-refractivity contribution in [2.75, 3.05) is 10.6 Å². The molecule has 1 amide bonds. The van der Waals surface area contributed by atoms with Crippen LogP contribution >= 0.6 is 0 Å². The molecule has 2 aromatic rings. The molecular formula is C19H26N4O. The molecule has 0 aliphatic carbocycles. The molecule has 128 valence electrons. The molecule has 5 heteroatoms. The zero-order valence-electron chi connectivity index (χ0n) is 15.1. The van der Waals surface area contributed by atoms with Gasteiger partial charge in [0, 0.05) is 12.1 Å². The monoisotopic (exact) mass is 326 g/mol. The van der Waals surface area contributed by atoms with Gasteiger partial charge in [0.25, 0.3) is 0 Å². The first-order valence-corrected chi connectivity index (χ1v) is 8.25. The quantitative estimate of drug-likeness (QED) is 0.849. The fourth-order valence-electron chi connectivity index (χ4n) is 2.23. The van der Waals surface area contributed by atoms with Crippen LogP contribution in [0.1, 0.15) is 46.6 Å². The second-order valence-electron chi connectivity index (χ2n) is 7.40. The lowest BCUT2D eigenvalue weighted by molar-refractivity contribution is -0.116. The first-order valence-electron chi connectivity index (χ1n) is 8.25. The summed E-state index contributed by atoms with van der Waals surface area (Å²) >= 11 is 0. The number of carbonyl (C=O) groups excluding carboxylic acids is 1. The molecule has 0 saturated carbocycles. The number of hydrogen-bond donors (Lipinski definition) is 2. The molecule has 0 fully saturated rings. The average molecular weight is 326 g/mol. The van der Waals surface area contributed by atoms with Crippen LogP contribution in [0.3, 0.4) is 0 Å². The van der Waals surface area contributed by atoms with Crippen LogP contribution in [0, 0.1) is 5.92 Å². The molecule has 0 aliphatic heterocycles. The van der Waals surface area contributed by atoms with E-state index in [1.807, 2.05) is 26.0 Å². The van der Waals surface area contributed by atoms with Crippen LogP contribution < -0.4 is 10.6 Å². The minimum Gasteiger partial charge on any atom is -0.339 e. The van der Waals surface area contributed by atoms with Gasteiger partial charge in [-0.15, -0.1) is 10.2 Å². The highest BCUT2D eigenvalue weighted by atomic mass is 16.1. The molecule has 2 rings (SSSR count). The Labute approximate surface area is 143 Å². The summed E-state index contributed by atoms with van der Waals surface area (Å²) < 4.78 is 0. The Morgan fingerprint density at radius 1 is 1.00 bits per heavy atom. The summed E-state index contributed by atoms with van der Waals surface area (Å²) in [6.45, 7) is 10.6. The molecule has 1 aromatic heterocycles. The minimum atomic E-state index is -0.0437. The fraction of sp³-hybridized carbons (Fsp3) is 0.421. The van der Waals surface area contributed by atoms with Gasteiger partial charge in [0.1, 0.15) is 0 Å². The molecule has 0 saturated heterocycles. The predicted octanol–water partition coefficient (Wildman–Crippen LogP) is 4.50. The maximum atomic E-state index is 11.7. The molecule has 0 radical (unpaired) electrons. The average Bonchev–Trinajstić information content (AvgIpc) is 2.48. The highest BCUT2D eigenvalue weighted by molar-refractivity contribution is 5.89. The van der Waals surface area contributed by atoms with Gasteiger partial charge >= 0.3 is 0 Å². The van der Waals surface area contributed by atoms with Crippen LogP contribution in [0.5, 0.6) is 0 Å². The Kier molecular flexibility index (Phi) is 5.54. The van der Waals surface area contributed by atoms with Crippen molar-refractivity contribution in [1.82, 2.24) is 10.2 Å². The normalized spacial score (nSPS) is 11.4. The van der Waals surface area contributed by atoms with E-state index in [1.165, 1.54) is 5.56 Å². The third-order valence-corrected chi connectivity index (χ3v) is 3.55. The van der Waals surface area contributed by atoms with Crippen molar-refractivity contribution in [1.29, 1.82) is 0 Å². The van der Waals surface area contributed by atoms with E-state index in [4.69, 9.17) is 0 Å². The maximum Gasteiger partial charge on any atom is 0.225 e. The molecular weight excluding hydrogens is 300 g/mol. The molecule has 24 heavy (non-hydrogen) atoms. The fourth-order valence-corrected chi connectivity index (χ4v) is 2.23. The smallest absolute Gasteiger partial charge is 0.225 e. The Morgan fingerprint density at radius 2 is 1.58 bits per heavy atom. The van der Waals surface area contributed by atoms with E-state index in [0.717, 1.165) is 5.69 Å². The summed E-state index contributed by atoms with van der Waals surface area (Å²) in [7, 11) is 0. The van der Waals surface area contributed by atoms with E-state index >= 15 is 0 Å². The van der Waals surface area contributed by atoms with Crippen molar-refractivity contribution in [3.05, 3.63) is 42.0 Å². The van der Waals surface area contributed by atoms with Gasteiger partial charge < -0.3 is 10.6 Å². The Hall–Kier alpha value is -2.43. The van der Waals surface area contributed by atoms with Crippen LogP contribution in [0.15, 0.2) is 36.4 Å². The van der Waals surface area contributed by atoms with Gasteiger partial charge in [0.15, 0.2) is 11.6 Å². The summed E-state index contributed by atoms with van der Waals surface area (Å²) in [5.41, 5.74) is 2.37. The molecule has 1 heterocycles. The summed E-state index contributed by atoms with van der Waals surface area (Å²) in [6.07, 6.45) is 0.474. The number of hydrogen-bond acceptors (Lipinski definition) is 4. The van der Waals surface area contributed by atoms with E-state index in [2.05, 4.69) is 53.7 Å². The van der Waals surface area contributed by atoms with Crippen LogP contribution in [-0.4, -0.2) is 16.1 Å². The molecule has 0 unspecified atom stereocenters. The van der Waals surface area contributed by atoms with Crippen molar-refractivity contribution in [2.24, 2.45) is 5.92 Å². The lowest BCUT2D eigenvalue weighted by Crippen LogP contribution is -2.15. The van der Waals surface area contributed by atoms with Crippen LogP contribution in [-0.2, 0) is 10.2 Å². The van der Waals surface area contributed by atoms with Gasteiger partial charge in [-0.25, -0.2) is 0 Å². The number of benzene rings is 1. The zero-order valence-corrected chi connectivity index (χ0v) is 15.1. The van der Waals surface area contributed by atoms with E-state index in [1.54, 1.807) is 12.1 Å². The minimum absolute atomic E-state index is 0.0437. The van der Waals surface area contributed by atoms with Crippen molar-refractivity contribution in [2.45, 2.75) is 46.5 Å². The van der Waals surface area contributed by atoms with Gasteiger partial charge in [0.05, 0.1) is 0 Å². The Morgan fingerprint density at radius 3 is 2.08 bits per heavy atom. The molecule has 0 bridgehead atoms. The van der Waals surface area contributed by atoms with E-state index in [-0.39, 0.29) is 11.3 Å². The lowest BCUT2D eigenvalue weighted by Gasteiger charge is -2.19. The molecule has 0 atom stereocenters. The zero-order chi connectivity index (χ0) is 17.7. The lowest BCUT2D eigenvalue weighted by atomic mass is 9.87. The van der Waals surface area contributed by atoms with E-state index in [9.17, 15) is 4.79 Å². The van der Waals surface area contributed by atoms with Crippen molar-refractivity contribution >= 4 is 23.2 Å². The summed E-state index contributed by atoms with van der Waals surface area (Å²) in [5, 5.41) is 14.1. The number of amides is 1. The number of carbonyl (C=O) groups is 1. The number of anilines is 3. The van der Waals surface area contributed by atoms with Gasteiger partial charge in [-0.05, 0) is 41.2 Å². The number of aromatic nitrogens is 2. The third kappa shape index (κ3) is 5.33. The summed E-state index contributed by atoms with van der Waals surface area (Å²) in [4.78, 5) is 11.7. The summed E-state index contributed by atoms with van der Waals surface area (Å²) in [5.74, 6) is 1.38. The molecule has 0 spiro atoms. The number of nitrogens with one attached hydrogen (secondary N) is 2. The van der Waals surface area contributed by atoms with Crippen LogP contribution in [0.25, 0.3) is 0 Å². The highest BCUT2D eigenvalue weighted by Gasteiger charge is 2.13. The van der Waals surface area contributed by atoms with Crippen molar-refractivity contribution in [3.8, 4) is 0 Å². The van der Waals surface area contributed by atoms with E-state index < -0.39 is 0 Å². The topological polar surface area (TPSA) is 66.9 Å². The second-order valence-corrected chi connectivity index (χ2v) is 7.40. The largest absolute Gasteiger partial charge is 0.339 e. The Balaban J connectivity index is 1.97. The van der Waals surface area contributed by atoms with Crippen molar-refractivity contribution in [3.63, 3.8) is 0 Å². The third-order valence-electron chi connectivity index (χ3n) is 3.55. The Bertz CT molecular complexity index is 670. The predicted molar refractivity (Wildman–Crippen MR) is 98.5 cm³/mol. The molecule has 0 aliphatic rings. The molecule has 5 nitrogen and oxygen atoms in total. The van der Waals surface area contributed by atoms with Crippen LogP contribution in [0.4, 0.5) is 17.3 Å². The second kappa shape index (κ2) is 7.43.